The lowest BCUT2D eigenvalue weighted by Crippen LogP contribution is -2.11. The van der Waals surface area contributed by atoms with E-state index in [9.17, 15) is 8.42 Å². The fourth-order valence-corrected chi connectivity index (χ4v) is 3.19. The molecule has 0 saturated carbocycles. The molecule has 0 amide bonds. The molecule has 1 aromatic heterocycles. The molecule has 2 N–H and O–H groups in total. The van der Waals surface area contributed by atoms with Crippen LogP contribution in [-0.4, -0.2) is 12.8 Å². The highest BCUT2D eigenvalue weighted by atomic mass is 127. The molecule has 0 bridgehead atoms. The summed E-state index contributed by atoms with van der Waals surface area (Å²) in [5.74, 6) is 0. The first-order valence-electron chi connectivity index (χ1n) is 3.56. The number of aromatic nitrogens is 1. The topological polar surface area (TPSA) is 73.1 Å². The molecule has 0 unspecified atom stereocenters. The number of rotatable bonds is 1. The van der Waals surface area contributed by atoms with Gasteiger partial charge in [0.15, 0.2) is 0 Å². The van der Waals surface area contributed by atoms with E-state index in [0.717, 1.165) is 13.8 Å². The van der Waals surface area contributed by atoms with E-state index < -0.39 is 10.0 Å². The Balaban J connectivity index is 2.79. The largest absolute Gasteiger partial charge is 0.238 e. The van der Waals surface area contributed by atoms with Crippen molar-refractivity contribution in [2.75, 3.05) is 0 Å². The van der Waals surface area contributed by atoms with Crippen molar-refractivity contribution in [3.8, 4) is 0 Å². The normalized spacial score (nSPS) is 12.1. The van der Waals surface area contributed by atoms with Crippen LogP contribution >= 0.6 is 34.1 Å². The third-order valence-corrected chi connectivity index (χ3v) is 4.61. The lowest BCUT2D eigenvalue weighted by Gasteiger charge is -1.96. The number of hydrogen-bond donors (Lipinski definition) is 1. The lowest BCUT2D eigenvalue weighted by atomic mass is 10.3. The average molecular weight is 340 g/mol. The quantitative estimate of drug-likeness (QED) is 0.801. The average Bonchev–Trinajstić information content (AvgIpc) is 2.46. The fourth-order valence-electron chi connectivity index (χ4n) is 1.07. The van der Waals surface area contributed by atoms with Crippen molar-refractivity contribution in [1.29, 1.82) is 0 Å². The minimum atomic E-state index is -3.62. The molecule has 0 saturated heterocycles. The van der Waals surface area contributed by atoms with E-state index >= 15 is 0 Å². The van der Waals surface area contributed by atoms with Crippen LogP contribution in [0.5, 0.6) is 0 Å². The summed E-state index contributed by atoms with van der Waals surface area (Å²) in [6, 6.07) is 4.76. The number of benzene rings is 1. The molecule has 0 aliphatic carbocycles. The molecule has 7 heteroatoms. The highest BCUT2D eigenvalue weighted by Gasteiger charge is 2.10. The molecule has 0 fully saturated rings. The number of nitrogens with two attached hydrogens (primary N) is 1. The van der Waals surface area contributed by atoms with E-state index in [4.69, 9.17) is 5.14 Å². The number of fused-ring (bicyclic) bond motifs is 1. The van der Waals surface area contributed by atoms with E-state index in [0.29, 0.717) is 0 Å². The number of hydrogen-bond acceptors (Lipinski definition) is 4. The Kier molecular flexibility index (Phi) is 2.50. The van der Waals surface area contributed by atoms with E-state index in [1.54, 1.807) is 12.1 Å². The third-order valence-electron chi connectivity index (χ3n) is 1.73. The summed E-state index contributed by atoms with van der Waals surface area (Å²) in [6.07, 6.45) is 0. The fraction of sp³-hybridized carbons (Fsp3) is 0. The van der Waals surface area contributed by atoms with Gasteiger partial charge in [-0.05, 0) is 52.3 Å². The van der Waals surface area contributed by atoms with Crippen LogP contribution in [0, 0.1) is 3.70 Å². The second-order valence-electron chi connectivity index (χ2n) is 2.68. The molecule has 2 aromatic rings. The predicted molar refractivity (Wildman–Crippen MR) is 63.7 cm³/mol. The van der Waals surface area contributed by atoms with Crippen LogP contribution in [0.2, 0.25) is 0 Å². The van der Waals surface area contributed by atoms with E-state index in [1.807, 2.05) is 0 Å². The Morgan fingerprint density at radius 3 is 2.79 bits per heavy atom. The molecule has 0 aliphatic heterocycles. The van der Waals surface area contributed by atoms with Gasteiger partial charge in [0.2, 0.25) is 10.0 Å². The van der Waals surface area contributed by atoms with Crippen LogP contribution in [0.4, 0.5) is 0 Å². The summed E-state index contributed by atoms with van der Waals surface area (Å²) in [5, 5.41) is 5.85. The summed E-state index contributed by atoms with van der Waals surface area (Å²) >= 11 is 3.40. The lowest BCUT2D eigenvalue weighted by molar-refractivity contribution is 0.598. The Labute approximate surface area is 98.5 Å². The van der Waals surface area contributed by atoms with Gasteiger partial charge in [-0.1, -0.05) is 0 Å². The minimum Gasteiger partial charge on any atom is -0.225 e. The highest BCUT2D eigenvalue weighted by Crippen LogP contribution is 2.26. The van der Waals surface area contributed by atoms with Crippen molar-refractivity contribution >= 4 is 54.2 Å². The first kappa shape index (κ1) is 10.3. The van der Waals surface area contributed by atoms with Gasteiger partial charge in [0.05, 0.1) is 9.60 Å². The van der Waals surface area contributed by atoms with Gasteiger partial charge in [-0.15, -0.1) is 0 Å². The van der Waals surface area contributed by atoms with Crippen LogP contribution in [0.3, 0.4) is 0 Å². The molecule has 1 aromatic carbocycles. The molecule has 74 valence electrons. The molecular formula is C7H5IN2O2S2. The number of sulfonamides is 1. The molecule has 0 spiro atoms. The predicted octanol–water partition coefficient (Wildman–Crippen LogP) is 1.55. The van der Waals surface area contributed by atoms with Crippen molar-refractivity contribution in [3.63, 3.8) is 0 Å². The Morgan fingerprint density at radius 1 is 1.43 bits per heavy atom. The highest BCUT2D eigenvalue weighted by molar-refractivity contribution is 14.1. The molecule has 0 aliphatic rings. The van der Waals surface area contributed by atoms with Crippen molar-refractivity contribution in [1.82, 2.24) is 4.37 Å². The van der Waals surface area contributed by atoms with Crippen molar-refractivity contribution in [2.45, 2.75) is 4.90 Å². The van der Waals surface area contributed by atoms with Gasteiger partial charge in [0, 0.05) is 5.39 Å². The van der Waals surface area contributed by atoms with Crippen LogP contribution < -0.4 is 5.14 Å². The summed E-state index contributed by atoms with van der Waals surface area (Å²) < 4.78 is 28.0. The maximum Gasteiger partial charge on any atom is 0.238 e. The van der Waals surface area contributed by atoms with Crippen LogP contribution in [0.1, 0.15) is 0 Å². The molecular weight excluding hydrogens is 335 g/mol. The number of nitrogens with zero attached hydrogens (tertiary/aromatic N) is 1. The summed E-state index contributed by atoms with van der Waals surface area (Å²) in [7, 11) is -3.62. The first-order valence-corrected chi connectivity index (χ1v) is 6.96. The maximum atomic E-state index is 11.1. The first-order chi connectivity index (χ1) is 6.48. The van der Waals surface area contributed by atoms with Crippen molar-refractivity contribution < 1.29 is 8.42 Å². The Bertz CT molecular complexity index is 591. The molecule has 2 rings (SSSR count). The Hall–Kier alpha value is -0.250. The Morgan fingerprint density at radius 2 is 2.14 bits per heavy atom. The van der Waals surface area contributed by atoms with E-state index in [-0.39, 0.29) is 4.90 Å². The van der Waals surface area contributed by atoms with Gasteiger partial charge in [-0.3, -0.25) is 0 Å². The van der Waals surface area contributed by atoms with Gasteiger partial charge in [-0.2, -0.15) is 4.37 Å². The second-order valence-corrected chi connectivity index (χ2v) is 6.06. The SMILES string of the molecule is NS(=O)(=O)c1ccc2snc(I)c2c1. The number of halogens is 1. The third kappa shape index (κ3) is 1.76. The van der Waals surface area contributed by atoms with Gasteiger partial charge in [0.1, 0.15) is 3.70 Å². The van der Waals surface area contributed by atoms with Crippen LogP contribution in [0.25, 0.3) is 10.1 Å². The summed E-state index contributed by atoms with van der Waals surface area (Å²) in [5.41, 5.74) is 0. The second kappa shape index (κ2) is 3.40. The zero-order chi connectivity index (χ0) is 10.3. The molecule has 0 atom stereocenters. The minimum absolute atomic E-state index is 0.128. The van der Waals surface area contributed by atoms with Crippen molar-refractivity contribution in [2.24, 2.45) is 5.14 Å². The van der Waals surface area contributed by atoms with Crippen LogP contribution in [0.15, 0.2) is 23.1 Å². The van der Waals surface area contributed by atoms with Crippen molar-refractivity contribution in [3.05, 3.63) is 21.9 Å². The summed E-state index contributed by atoms with van der Waals surface area (Å²) in [4.78, 5) is 0.128. The number of primary sulfonamides is 1. The van der Waals surface area contributed by atoms with E-state index in [2.05, 4.69) is 27.0 Å². The molecule has 14 heavy (non-hydrogen) atoms. The standard InChI is InChI=1S/C7H5IN2O2S2/c8-7-5-3-4(14(9,11)12)1-2-6(5)13-10-7/h1-3H,(H2,9,11,12). The smallest absolute Gasteiger partial charge is 0.225 e. The van der Waals surface area contributed by atoms with E-state index in [1.165, 1.54) is 17.6 Å². The summed E-state index contributed by atoms with van der Waals surface area (Å²) in [6.45, 7) is 0. The van der Waals surface area contributed by atoms with Gasteiger partial charge in [0.25, 0.3) is 0 Å². The van der Waals surface area contributed by atoms with Gasteiger partial charge < -0.3 is 0 Å². The zero-order valence-corrected chi connectivity index (χ0v) is 10.6. The molecule has 0 radical (unpaired) electrons. The van der Waals surface area contributed by atoms with Crippen LogP contribution in [-0.2, 0) is 10.0 Å². The molecule has 1 heterocycles. The van der Waals surface area contributed by atoms with Gasteiger partial charge in [-0.25, -0.2) is 13.6 Å². The van der Waals surface area contributed by atoms with Gasteiger partial charge >= 0.3 is 0 Å². The maximum absolute atomic E-state index is 11.1. The molecule has 4 nitrogen and oxygen atoms in total. The monoisotopic (exact) mass is 340 g/mol. The zero-order valence-electron chi connectivity index (χ0n) is 6.77.